The lowest BCUT2D eigenvalue weighted by atomic mass is 9.94. The third kappa shape index (κ3) is 2.00. The van der Waals surface area contributed by atoms with Gasteiger partial charge in [0, 0.05) is 6.42 Å². The van der Waals surface area contributed by atoms with Crippen LogP contribution in [0.25, 0.3) is 0 Å². The van der Waals surface area contributed by atoms with Crippen molar-refractivity contribution in [1.82, 2.24) is 0 Å². The van der Waals surface area contributed by atoms with Gasteiger partial charge in [-0.05, 0) is 5.56 Å². The lowest BCUT2D eigenvalue weighted by Gasteiger charge is -2.31. The van der Waals surface area contributed by atoms with Crippen LogP contribution in [0.2, 0.25) is 0 Å². The monoisotopic (exact) mass is 218 g/mol. The van der Waals surface area contributed by atoms with Gasteiger partial charge in [0.2, 0.25) is 11.9 Å². The number of ether oxygens (including phenoxy) is 2. The van der Waals surface area contributed by atoms with Crippen molar-refractivity contribution < 1.29 is 14.3 Å². The normalized spacial score (nSPS) is 23.2. The molecule has 1 aliphatic heterocycles. The maximum absolute atomic E-state index is 11.4. The van der Waals surface area contributed by atoms with Gasteiger partial charge < -0.3 is 15.2 Å². The Bertz CT molecular complexity index is 402. The van der Waals surface area contributed by atoms with E-state index < -0.39 is 11.5 Å². The zero-order valence-corrected chi connectivity index (χ0v) is 8.68. The number of rotatable bonds is 3. The van der Waals surface area contributed by atoms with Crippen molar-refractivity contribution in [3.8, 4) is 0 Å². The molecule has 1 unspecified atom stereocenters. The van der Waals surface area contributed by atoms with Crippen LogP contribution in [0.1, 0.15) is 5.56 Å². The molecule has 2 rings (SSSR count). The summed E-state index contributed by atoms with van der Waals surface area (Å²) in [7, 11) is 0. The molecule has 1 aromatic rings. The highest BCUT2D eigenvalue weighted by Crippen LogP contribution is 2.21. The van der Waals surface area contributed by atoms with Crippen molar-refractivity contribution >= 4 is 5.91 Å². The molecule has 1 heterocycles. The quantitative estimate of drug-likeness (QED) is 0.815. The molecule has 1 atom stereocenters. The minimum Gasteiger partial charge on any atom is -0.492 e. The van der Waals surface area contributed by atoms with E-state index in [4.69, 9.17) is 15.2 Å². The molecule has 1 radical (unpaired) electrons. The van der Waals surface area contributed by atoms with Gasteiger partial charge in [-0.2, -0.15) is 0 Å². The molecule has 1 aromatic carbocycles. The lowest BCUT2D eigenvalue weighted by molar-refractivity contribution is -0.147. The third-order valence-electron chi connectivity index (χ3n) is 2.48. The molecule has 83 valence electrons. The van der Waals surface area contributed by atoms with Crippen molar-refractivity contribution in [3.05, 3.63) is 48.4 Å². The number of benzene rings is 1. The first kappa shape index (κ1) is 10.5. The van der Waals surface area contributed by atoms with Crippen molar-refractivity contribution in [1.29, 1.82) is 0 Å². The molecule has 2 N–H and O–H groups in total. The second-order valence-corrected chi connectivity index (χ2v) is 3.67. The van der Waals surface area contributed by atoms with Gasteiger partial charge in [0.15, 0.2) is 0 Å². The van der Waals surface area contributed by atoms with Gasteiger partial charge in [0.25, 0.3) is 5.91 Å². The fourth-order valence-corrected chi connectivity index (χ4v) is 1.60. The molecule has 0 spiro atoms. The number of hydrogen-bond acceptors (Lipinski definition) is 3. The van der Waals surface area contributed by atoms with Crippen molar-refractivity contribution in [2.45, 2.75) is 12.0 Å². The molecule has 0 aliphatic carbocycles. The standard InChI is InChI=1S/C12H12NO3/c13-11(14)12(9-15-6-7-16-12)8-10-4-2-1-3-5-10/h1-6H,8-9H2,(H2,13,14). The van der Waals surface area contributed by atoms with E-state index in [1.54, 1.807) is 0 Å². The summed E-state index contributed by atoms with van der Waals surface area (Å²) in [5.41, 5.74) is 5.18. The summed E-state index contributed by atoms with van der Waals surface area (Å²) in [5.74, 6) is -0.544. The Morgan fingerprint density at radius 2 is 2.19 bits per heavy atom. The topological polar surface area (TPSA) is 61.6 Å². The highest BCUT2D eigenvalue weighted by molar-refractivity contribution is 5.84. The number of nitrogens with two attached hydrogens (primary N) is 1. The first-order valence-electron chi connectivity index (χ1n) is 4.94. The minimum atomic E-state index is -1.14. The fraction of sp³-hybridized carbons (Fsp3) is 0.250. The molecule has 0 fully saturated rings. The average molecular weight is 218 g/mol. The van der Waals surface area contributed by atoms with E-state index in [9.17, 15) is 4.79 Å². The Hall–Kier alpha value is -1.97. The van der Waals surface area contributed by atoms with Crippen molar-refractivity contribution in [2.75, 3.05) is 6.61 Å². The maximum atomic E-state index is 11.4. The fourth-order valence-electron chi connectivity index (χ4n) is 1.60. The molecule has 1 amide bonds. The number of hydrogen-bond donors (Lipinski definition) is 1. The first-order chi connectivity index (χ1) is 7.73. The Kier molecular flexibility index (Phi) is 2.81. The molecule has 4 heteroatoms. The van der Waals surface area contributed by atoms with E-state index in [-0.39, 0.29) is 6.61 Å². The Labute approximate surface area is 93.7 Å². The summed E-state index contributed by atoms with van der Waals surface area (Å²) in [6, 6.07) is 9.52. The van der Waals surface area contributed by atoms with Gasteiger partial charge in [-0.1, -0.05) is 30.3 Å². The SMILES string of the molecule is NC(=O)C1(Cc2ccccc2)COC=[C]O1. The van der Waals surface area contributed by atoms with Crippen LogP contribution in [0.3, 0.4) is 0 Å². The van der Waals surface area contributed by atoms with Crippen LogP contribution in [0.5, 0.6) is 0 Å². The van der Waals surface area contributed by atoms with E-state index >= 15 is 0 Å². The highest BCUT2D eigenvalue weighted by atomic mass is 16.6. The van der Waals surface area contributed by atoms with Gasteiger partial charge in [-0.25, -0.2) is 0 Å². The van der Waals surface area contributed by atoms with Gasteiger partial charge in [0.05, 0.1) is 0 Å². The van der Waals surface area contributed by atoms with Crippen LogP contribution in [0, 0.1) is 6.26 Å². The Morgan fingerprint density at radius 1 is 1.44 bits per heavy atom. The second-order valence-electron chi connectivity index (χ2n) is 3.67. The van der Waals surface area contributed by atoms with E-state index in [1.165, 1.54) is 6.26 Å². The van der Waals surface area contributed by atoms with E-state index in [1.807, 2.05) is 30.3 Å². The van der Waals surface area contributed by atoms with Crippen LogP contribution in [0.15, 0.2) is 36.6 Å². The number of carbonyl (C=O) groups excluding carboxylic acids is 1. The van der Waals surface area contributed by atoms with Crippen molar-refractivity contribution in [3.63, 3.8) is 0 Å². The van der Waals surface area contributed by atoms with Gasteiger partial charge in [-0.3, -0.25) is 4.79 Å². The number of primary amides is 1. The summed E-state index contributed by atoms with van der Waals surface area (Å²) in [6.45, 7) is 0.115. The van der Waals surface area contributed by atoms with Crippen molar-refractivity contribution in [2.24, 2.45) is 5.73 Å². The lowest BCUT2D eigenvalue weighted by Crippen LogP contribution is -2.51. The zero-order chi connectivity index (χ0) is 11.4. The first-order valence-corrected chi connectivity index (χ1v) is 4.94. The highest BCUT2D eigenvalue weighted by Gasteiger charge is 2.41. The van der Waals surface area contributed by atoms with E-state index in [0.717, 1.165) is 5.56 Å². The van der Waals surface area contributed by atoms with Crippen LogP contribution < -0.4 is 5.73 Å². The van der Waals surface area contributed by atoms with Gasteiger partial charge in [0.1, 0.15) is 12.9 Å². The Morgan fingerprint density at radius 3 is 2.75 bits per heavy atom. The van der Waals surface area contributed by atoms with Gasteiger partial charge >= 0.3 is 0 Å². The summed E-state index contributed by atoms with van der Waals surface area (Å²) in [6.07, 6.45) is 4.09. The molecule has 0 saturated heterocycles. The molecule has 0 saturated carbocycles. The zero-order valence-electron chi connectivity index (χ0n) is 8.68. The van der Waals surface area contributed by atoms with E-state index in [0.29, 0.717) is 6.42 Å². The largest absolute Gasteiger partial charge is 0.492 e. The smallest absolute Gasteiger partial charge is 0.265 e. The summed E-state index contributed by atoms with van der Waals surface area (Å²) in [5, 5.41) is 0. The van der Waals surface area contributed by atoms with Crippen LogP contribution in [0.4, 0.5) is 0 Å². The second kappa shape index (κ2) is 4.26. The molecule has 4 nitrogen and oxygen atoms in total. The number of carbonyl (C=O) groups is 1. The predicted molar refractivity (Wildman–Crippen MR) is 56.9 cm³/mol. The van der Waals surface area contributed by atoms with E-state index in [2.05, 4.69) is 6.26 Å². The van der Waals surface area contributed by atoms with Gasteiger partial charge in [-0.15, -0.1) is 0 Å². The molecule has 16 heavy (non-hydrogen) atoms. The third-order valence-corrected chi connectivity index (χ3v) is 2.48. The molecule has 0 bridgehead atoms. The maximum Gasteiger partial charge on any atom is 0.265 e. The molecular formula is C12H12NO3. The summed E-state index contributed by atoms with van der Waals surface area (Å²) in [4.78, 5) is 11.4. The van der Waals surface area contributed by atoms with Crippen LogP contribution in [-0.4, -0.2) is 18.1 Å². The number of amides is 1. The summed E-state index contributed by atoms with van der Waals surface area (Å²) >= 11 is 0. The average Bonchev–Trinajstić information content (AvgIpc) is 2.31. The van der Waals surface area contributed by atoms with Crippen LogP contribution in [-0.2, 0) is 20.7 Å². The molecule has 0 aromatic heterocycles. The Balaban J connectivity index is 2.21. The minimum absolute atomic E-state index is 0.115. The summed E-state index contributed by atoms with van der Waals surface area (Å²) < 4.78 is 10.3. The molecule has 1 aliphatic rings. The van der Waals surface area contributed by atoms with Crippen LogP contribution >= 0.6 is 0 Å². The molecular weight excluding hydrogens is 206 g/mol. The predicted octanol–water partition coefficient (Wildman–Crippen LogP) is 0.774.